The molecule has 2 rings (SSSR count). The number of benzene rings is 1. The summed E-state index contributed by atoms with van der Waals surface area (Å²) < 4.78 is 5.53. The average Bonchev–Trinajstić information content (AvgIpc) is 2.32. The summed E-state index contributed by atoms with van der Waals surface area (Å²) in [6.45, 7) is 1.99. The van der Waals surface area contributed by atoms with Gasteiger partial charge in [-0.15, -0.1) is 0 Å². The van der Waals surface area contributed by atoms with Gasteiger partial charge in [0.25, 0.3) is 0 Å². The van der Waals surface area contributed by atoms with E-state index in [1.165, 1.54) is 12.4 Å². The summed E-state index contributed by atoms with van der Waals surface area (Å²) in [6, 6.07) is 7.51. The molecular weight excluding hydrogens is 216 g/mol. The Balaban J connectivity index is 2.30. The summed E-state index contributed by atoms with van der Waals surface area (Å²) in [5, 5.41) is 7.37. The summed E-state index contributed by atoms with van der Waals surface area (Å²) in [4.78, 5) is 7.97. The molecule has 1 heterocycles. The number of aromatic nitrogens is 2. The molecule has 0 aliphatic heterocycles. The molecule has 2 aromatic rings. The first-order valence-corrected chi connectivity index (χ1v) is 5.07. The van der Waals surface area contributed by atoms with Crippen molar-refractivity contribution in [1.82, 2.24) is 9.97 Å². The van der Waals surface area contributed by atoms with Crippen LogP contribution in [0.15, 0.2) is 36.7 Å². The van der Waals surface area contributed by atoms with Gasteiger partial charge < -0.3 is 10.5 Å². The molecule has 3 N–H and O–H groups in total. The molecule has 0 aliphatic rings. The van der Waals surface area contributed by atoms with Crippen LogP contribution in [-0.4, -0.2) is 15.8 Å². The maximum absolute atomic E-state index is 7.37. The molecule has 0 saturated carbocycles. The molecule has 0 fully saturated rings. The Morgan fingerprint density at radius 1 is 1.18 bits per heavy atom. The lowest BCUT2D eigenvalue weighted by atomic mass is 10.2. The fraction of sp³-hybridized carbons (Fsp3) is 0.0833. The number of aryl methyl sites for hydroxylation is 1. The van der Waals surface area contributed by atoms with Crippen LogP contribution in [0.2, 0.25) is 0 Å². The van der Waals surface area contributed by atoms with Crippen molar-refractivity contribution in [3.8, 4) is 11.6 Å². The van der Waals surface area contributed by atoms with Gasteiger partial charge in [-0.05, 0) is 19.1 Å². The quantitative estimate of drug-likeness (QED) is 0.620. The van der Waals surface area contributed by atoms with Crippen molar-refractivity contribution in [2.45, 2.75) is 6.92 Å². The molecule has 0 unspecified atom stereocenters. The third-order valence-electron chi connectivity index (χ3n) is 2.16. The van der Waals surface area contributed by atoms with E-state index >= 15 is 0 Å². The lowest BCUT2D eigenvalue weighted by Crippen LogP contribution is -2.15. The third-order valence-corrected chi connectivity index (χ3v) is 2.16. The van der Waals surface area contributed by atoms with Crippen LogP contribution in [0, 0.1) is 12.3 Å². The fourth-order valence-corrected chi connectivity index (χ4v) is 1.30. The second kappa shape index (κ2) is 4.61. The topological polar surface area (TPSA) is 84.9 Å². The van der Waals surface area contributed by atoms with E-state index in [0.29, 0.717) is 5.75 Å². The lowest BCUT2D eigenvalue weighted by Gasteiger charge is -2.07. The molecule has 0 spiro atoms. The summed E-state index contributed by atoms with van der Waals surface area (Å²) in [7, 11) is 0. The second-order valence-corrected chi connectivity index (χ2v) is 3.54. The summed E-state index contributed by atoms with van der Waals surface area (Å²) in [5.74, 6) is 0.711. The van der Waals surface area contributed by atoms with Crippen LogP contribution >= 0.6 is 0 Å². The first kappa shape index (κ1) is 11.1. The number of nitrogens with two attached hydrogens (primary N) is 1. The van der Waals surface area contributed by atoms with Gasteiger partial charge in [-0.2, -0.15) is 0 Å². The van der Waals surface area contributed by atoms with E-state index in [1.54, 1.807) is 0 Å². The highest BCUT2D eigenvalue weighted by molar-refractivity contribution is 5.95. The van der Waals surface area contributed by atoms with E-state index in [-0.39, 0.29) is 17.4 Å². The zero-order chi connectivity index (χ0) is 12.3. The van der Waals surface area contributed by atoms with Crippen LogP contribution in [0.1, 0.15) is 11.3 Å². The van der Waals surface area contributed by atoms with Gasteiger partial charge in [0.05, 0.1) is 0 Å². The highest BCUT2D eigenvalue weighted by Gasteiger charge is 2.09. The number of nitrogen functional groups attached to an aromatic ring is 1. The van der Waals surface area contributed by atoms with E-state index in [0.717, 1.165) is 5.56 Å². The molecule has 5 heteroatoms. The van der Waals surface area contributed by atoms with Crippen molar-refractivity contribution in [2.75, 3.05) is 0 Å². The number of hydrogen-bond donors (Lipinski definition) is 2. The normalized spacial score (nSPS) is 9.94. The minimum absolute atomic E-state index is 0.166. The minimum Gasteiger partial charge on any atom is -0.437 e. The third kappa shape index (κ3) is 2.57. The first-order valence-electron chi connectivity index (χ1n) is 5.07. The standard InChI is InChI=1S/C12H12N4O/c1-8-2-4-9(5-3-8)17-12-10(11(13)14)15-6-7-16-12/h2-7H,1H3,(H3,13,14). The number of ether oxygens (including phenoxy) is 1. The molecule has 0 amide bonds. The van der Waals surface area contributed by atoms with Crippen molar-refractivity contribution in [1.29, 1.82) is 5.41 Å². The van der Waals surface area contributed by atoms with Gasteiger partial charge in [-0.3, -0.25) is 5.41 Å². The predicted octanol–water partition coefficient (Wildman–Crippen LogP) is 1.86. The van der Waals surface area contributed by atoms with Crippen molar-refractivity contribution in [2.24, 2.45) is 5.73 Å². The number of nitrogens with zero attached hydrogens (tertiary/aromatic N) is 2. The van der Waals surface area contributed by atoms with Gasteiger partial charge in [0, 0.05) is 12.4 Å². The molecule has 86 valence electrons. The SMILES string of the molecule is Cc1ccc(Oc2nccnc2C(=N)N)cc1. The molecule has 17 heavy (non-hydrogen) atoms. The van der Waals surface area contributed by atoms with Crippen molar-refractivity contribution in [3.05, 3.63) is 47.9 Å². The zero-order valence-electron chi connectivity index (χ0n) is 9.34. The largest absolute Gasteiger partial charge is 0.437 e. The molecule has 0 radical (unpaired) electrons. The van der Waals surface area contributed by atoms with Crippen molar-refractivity contribution >= 4 is 5.84 Å². The van der Waals surface area contributed by atoms with Crippen molar-refractivity contribution < 1.29 is 4.74 Å². The summed E-state index contributed by atoms with van der Waals surface area (Å²) in [6.07, 6.45) is 2.97. The Morgan fingerprint density at radius 3 is 2.47 bits per heavy atom. The van der Waals surface area contributed by atoms with Gasteiger partial charge in [0.1, 0.15) is 11.6 Å². The van der Waals surface area contributed by atoms with Crippen LogP contribution in [0.25, 0.3) is 0 Å². The summed E-state index contributed by atoms with van der Waals surface area (Å²) in [5.41, 5.74) is 6.78. The van der Waals surface area contributed by atoms with E-state index in [1.807, 2.05) is 31.2 Å². The minimum atomic E-state index is -0.166. The van der Waals surface area contributed by atoms with Crippen LogP contribution in [0.3, 0.4) is 0 Å². The molecule has 1 aromatic carbocycles. The van der Waals surface area contributed by atoms with E-state index in [4.69, 9.17) is 15.9 Å². The molecule has 0 bridgehead atoms. The number of hydrogen-bond acceptors (Lipinski definition) is 4. The fourth-order valence-electron chi connectivity index (χ4n) is 1.30. The van der Waals surface area contributed by atoms with Gasteiger partial charge in [0.15, 0.2) is 5.69 Å². The molecule has 5 nitrogen and oxygen atoms in total. The highest BCUT2D eigenvalue weighted by atomic mass is 16.5. The van der Waals surface area contributed by atoms with Crippen LogP contribution in [0.5, 0.6) is 11.6 Å². The monoisotopic (exact) mass is 228 g/mol. The van der Waals surface area contributed by atoms with Gasteiger partial charge in [-0.25, -0.2) is 9.97 Å². The van der Waals surface area contributed by atoms with Crippen LogP contribution in [0.4, 0.5) is 0 Å². The predicted molar refractivity (Wildman–Crippen MR) is 64.3 cm³/mol. The molecule has 1 aromatic heterocycles. The van der Waals surface area contributed by atoms with E-state index < -0.39 is 0 Å². The molecule has 0 atom stereocenters. The first-order chi connectivity index (χ1) is 8.16. The Kier molecular flexibility index (Phi) is 3.00. The lowest BCUT2D eigenvalue weighted by molar-refractivity contribution is 0.458. The van der Waals surface area contributed by atoms with E-state index in [9.17, 15) is 0 Å². The smallest absolute Gasteiger partial charge is 0.249 e. The maximum atomic E-state index is 7.37. The highest BCUT2D eigenvalue weighted by Crippen LogP contribution is 2.21. The Labute approximate surface area is 98.8 Å². The molecule has 0 saturated heterocycles. The Bertz CT molecular complexity index is 536. The number of amidine groups is 1. The zero-order valence-corrected chi connectivity index (χ0v) is 9.34. The maximum Gasteiger partial charge on any atom is 0.249 e. The van der Waals surface area contributed by atoms with Crippen LogP contribution in [-0.2, 0) is 0 Å². The van der Waals surface area contributed by atoms with Crippen molar-refractivity contribution in [3.63, 3.8) is 0 Å². The Morgan fingerprint density at radius 2 is 1.82 bits per heavy atom. The average molecular weight is 228 g/mol. The van der Waals surface area contributed by atoms with E-state index in [2.05, 4.69) is 9.97 Å². The number of nitrogens with one attached hydrogen (secondary N) is 1. The van der Waals surface area contributed by atoms with Crippen LogP contribution < -0.4 is 10.5 Å². The number of rotatable bonds is 3. The van der Waals surface area contributed by atoms with Gasteiger partial charge in [-0.1, -0.05) is 17.7 Å². The summed E-state index contributed by atoms with van der Waals surface area (Å²) >= 11 is 0. The molecular formula is C12H12N4O. The second-order valence-electron chi connectivity index (χ2n) is 3.54. The molecule has 0 aliphatic carbocycles. The van der Waals surface area contributed by atoms with Gasteiger partial charge in [0.2, 0.25) is 5.88 Å². The Hall–Kier alpha value is -2.43. The van der Waals surface area contributed by atoms with Gasteiger partial charge >= 0.3 is 0 Å².